The number of carbonyl (C=O) groups is 1. The molecule has 0 aromatic heterocycles. The highest BCUT2D eigenvalue weighted by Crippen LogP contribution is 2.37. The van der Waals surface area contributed by atoms with Crippen LogP contribution in [0.5, 0.6) is 0 Å². The van der Waals surface area contributed by atoms with Gasteiger partial charge >= 0.3 is 0 Å². The number of likely N-dealkylation sites (tertiary alicyclic amines) is 1. The molecule has 1 aliphatic carbocycles. The Kier molecular flexibility index (Phi) is 3.50. The maximum Gasteiger partial charge on any atom is 0.239 e. The number of nitrogens with one attached hydrogen (secondary N) is 1. The van der Waals surface area contributed by atoms with E-state index in [1.807, 2.05) is 24.1 Å². The van der Waals surface area contributed by atoms with E-state index >= 15 is 0 Å². The van der Waals surface area contributed by atoms with E-state index in [1.165, 1.54) is 5.56 Å². The summed E-state index contributed by atoms with van der Waals surface area (Å²) in [5, 5.41) is 4.28. The van der Waals surface area contributed by atoms with Gasteiger partial charge in [-0.15, -0.1) is 0 Å². The third kappa shape index (κ3) is 2.63. The van der Waals surface area contributed by atoms with Gasteiger partial charge in [0, 0.05) is 24.7 Å². The normalized spacial score (nSPS) is 30.5. The van der Waals surface area contributed by atoms with E-state index in [0.717, 1.165) is 30.8 Å². The Morgan fingerprint density at radius 2 is 1.95 bits per heavy atom. The predicted molar refractivity (Wildman–Crippen MR) is 76.4 cm³/mol. The summed E-state index contributed by atoms with van der Waals surface area (Å²) in [6, 6.07) is 8.65. The van der Waals surface area contributed by atoms with Crippen molar-refractivity contribution in [3.8, 4) is 0 Å². The van der Waals surface area contributed by atoms with E-state index in [1.54, 1.807) is 0 Å². The van der Waals surface area contributed by atoms with E-state index in [2.05, 4.69) is 17.4 Å². The van der Waals surface area contributed by atoms with E-state index in [0.29, 0.717) is 12.0 Å². The highest BCUT2D eigenvalue weighted by molar-refractivity contribution is 6.30. The average molecular weight is 279 g/mol. The molecular formula is C15H19ClN2O. The van der Waals surface area contributed by atoms with Crippen molar-refractivity contribution < 1.29 is 4.79 Å². The summed E-state index contributed by atoms with van der Waals surface area (Å²) in [7, 11) is 1.88. The molecule has 1 saturated heterocycles. The van der Waals surface area contributed by atoms with Crippen LogP contribution in [0, 0.1) is 0 Å². The molecule has 3 rings (SSSR count). The standard InChI is InChI=1S/C15H19ClN2O/c1-18-7-6-14(15(18)19)17-13-8-11(9-13)10-2-4-12(16)5-3-10/h2-5,11,13-14,17H,6-9H2,1H3. The van der Waals surface area contributed by atoms with Gasteiger partial charge in [-0.25, -0.2) is 0 Å². The van der Waals surface area contributed by atoms with Gasteiger partial charge in [-0.3, -0.25) is 4.79 Å². The number of rotatable bonds is 3. The summed E-state index contributed by atoms with van der Waals surface area (Å²) in [6.45, 7) is 0.879. The molecule has 1 saturated carbocycles. The molecule has 1 amide bonds. The molecular weight excluding hydrogens is 260 g/mol. The van der Waals surface area contributed by atoms with Gasteiger partial charge in [0.15, 0.2) is 0 Å². The zero-order valence-electron chi connectivity index (χ0n) is 11.1. The summed E-state index contributed by atoms with van der Waals surface area (Å²) in [4.78, 5) is 13.6. The topological polar surface area (TPSA) is 32.3 Å². The summed E-state index contributed by atoms with van der Waals surface area (Å²) in [6.07, 6.45) is 3.18. The van der Waals surface area contributed by atoms with E-state index in [4.69, 9.17) is 11.6 Å². The SMILES string of the molecule is CN1CCC(NC2CC(c3ccc(Cl)cc3)C2)C1=O. The number of amides is 1. The highest BCUT2D eigenvalue weighted by atomic mass is 35.5. The fourth-order valence-corrected chi connectivity index (χ4v) is 3.15. The lowest BCUT2D eigenvalue weighted by atomic mass is 9.75. The van der Waals surface area contributed by atoms with Crippen LogP contribution in [0.2, 0.25) is 5.02 Å². The molecule has 1 aliphatic heterocycles. The van der Waals surface area contributed by atoms with Crippen molar-refractivity contribution in [3.63, 3.8) is 0 Å². The predicted octanol–water partition coefficient (Wildman–Crippen LogP) is 2.41. The lowest BCUT2D eigenvalue weighted by Gasteiger charge is -2.37. The Morgan fingerprint density at radius 1 is 1.26 bits per heavy atom. The lowest BCUT2D eigenvalue weighted by molar-refractivity contribution is -0.128. The molecule has 1 heterocycles. The lowest BCUT2D eigenvalue weighted by Crippen LogP contribution is -2.48. The summed E-state index contributed by atoms with van der Waals surface area (Å²) in [5.74, 6) is 0.860. The number of halogens is 1. The zero-order valence-corrected chi connectivity index (χ0v) is 11.9. The molecule has 4 heteroatoms. The Balaban J connectivity index is 1.50. The Labute approximate surface area is 118 Å². The third-order valence-electron chi connectivity index (χ3n) is 4.34. The van der Waals surface area contributed by atoms with Crippen molar-refractivity contribution in [3.05, 3.63) is 34.9 Å². The number of hydrogen-bond acceptors (Lipinski definition) is 2. The first-order chi connectivity index (χ1) is 9.13. The molecule has 3 nitrogen and oxygen atoms in total. The van der Waals surface area contributed by atoms with Crippen LogP contribution in [0.1, 0.15) is 30.7 Å². The first kappa shape index (κ1) is 12.9. The van der Waals surface area contributed by atoms with Gasteiger partial charge in [0.2, 0.25) is 5.91 Å². The van der Waals surface area contributed by atoms with E-state index < -0.39 is 0 Å². The maximum atomic E-state index is 11.8. The molecule has 1 atom stereocenters. The molecule has 2 fully saturated rings. The molecule has 1 N–H and O–H groups in total. The molecule has 2 aliphatic rings. The molecule has 0 radical (unpaired) electrons. The van der Waals surface area contributed by atoms with Crippen LogP contribution in [-0.2, 0) is 4.79 Å². The van der Waals surface area contributed by atoms with Crippen LogP contribution in [0.4, 0.5) is 0 Å². The summed E-state index contributed by atoms with van der Waals surface area (Å²) in [5.41, 5.74) is 1.36. The van der Waals surface area contributed by atoms with Gasteiger partial charge in [-0.2, -0.15) is 0 Å². The second-order valence-electron chi connectivity index (χ2n) is 5.68. The zero-order chi connectivity index (χ0) is 13.4. The minimum absolute atomic E-state index is 0.0427. The number of benzene rings is 1. The Hall–Kier alpha value is -1.06. The Morgan fingerprint density at radius 3 is 2.53 bits per heavy atom. The van der Waals surface area contributed by atoms with Crippen LogP contribution in [0.15, 0.2) is 24.3 Å². The molecule has 1 aromatic carbocycles. The fraction of sp³-hybridized carbons (Fsp3) is 0.533. The van der Waals surface area contributed by atoms with Crippen LogP contribution in [0.3, 0.4) is 0 Å². The molecule has 0 bridgehead atoms. The fourth-order valence-electron chi connectivity index (χ4n) is 3.02. The number of nitrogens with zero attached hydrogens (tertiary/aromatic N) is 1. The first-order valence-electron chi connectivity index (χ1n) is 6.90. The second kappa shape index (κ2) is 5.14. The van der Waals surface area contributed by atoms with Crippen molar-refractivity contribution in [1.29, 1.82) is 0 Å². The quantitative estimate of drug-likeness (QED) is 0.921. The van der Waals surface area contributed by atoms with Gasteiger partial charge in [0.25, 0.3) is 0 Å². The van der Waals surface area contributed by atoms with Crippen molar-refractivity contribution in [1.82, 2.24) is 10.2 Å². The third-order valence-corrected chi connectivity index (χ3v) is 4.60. The van der Waals surface area contributed by atoms with Crippen molar-refractivity contribution >= 4 is 17.5 Å². The van der Waals surface area contributed by atoms with Gasteiger partial charge in [-0.05, 0) is 42.9 Å². The second-order valence-corrected chi connectivity index (χ2v) is 6.12. The van der Waals surface area contributed by atoms with Crippen LogP contribution >= 0.6 is 11.6 Å². The first-order valence-corrected chi connectivity index (χ1v) is 7.28. The smallest absolute Gasteiger partial charge is 0.239 e. The molecule has 102 valence electrons. The maximum absolute atomic E-state index is 11.8. The van der Waals surface area contributed by atoms with Crippen molar-refractivity contribution in [2.75, 3.05) is 13.6 Å². The van der Waals surface area contributed by atoms with Crippen molar-refractivity contribution in [2.45, 2.75) is 37.3 Å². The van der Waals surface area contributed by atoms with E-state index in [-0.39, 0.29) is 11.9 Å². The minimum Gasteiger partial charge on any atom is -0.344 e. The highest BCUT2D eigenvalue weighted by Gasteiger charge is 2.36. The monoisotopic (exact) mass is 278 g/mol. The molecule has 1 unspecified atom stereocenters. The largest absolute Gasteiger partial charge is 0.344 e. The molecule has 1 aromatic rings. The van der Waals surface area contributed by atoms with Crippen LogP contribution < -0.4 is 5.32 Å². The van der Waals surface area contributed by atoms with Gasteiger partial charge in [-0.1, -0.05) is 23.7 Å². The number of likely N-dealkylation sites (N-methyl/N-ethyl adjacent to an activating group) is 1. The van der Waals surface area contributed by atoms with Crippen molar-refractivity contribution in [2.24, 2.45) is 0 Å². The summed E-state index contributed by atoms with van der Waals surface area (Å²) < 4.78 is 0. The average Bonchev–Trinajstić information content (AvgIpc) is 2.66. The van der Waals surface area contributed by atoms with Gasteiger partial charge in [0.05, 0.1) is 6.04 Å². The summed E-state index contributed by atoms with van der Waals surface area (Å²) >= 11 is 5.89. The van der Waals surface area contributed by atoms with Gasteiger partial charge in [0.1, 0.15) is 0 Å². The van der Waals surface area contributed by atoms with E-state index in [9.17, 15) is 4.79 Å². The van der Waals surface area contributed by atoms with Crippen LogP contribution in [0.25, 0.3) is 0 Å². The Bertz CT molecular complexity index is 468. The molecule has 0 spiro atoms. The minimum atomic E-state index is 0.0427. The number of hydrogen-bond donors (Lipinski definition) is 1. The number of carbonyl (C=O) groups excluding carboxylic acids is 1. The molecule has 19 heavy (non-hydrogen) atoms. The van der Waals surface area contributed by atoms with Gasteiger partial charge < -0.3 is 10.2 Å². The van der Waals surface area contributed by atoms with Crippen LogP contribution in [-0.4, -0.2) is 36.5 Å².